The number of nitrogens with two attached hydrogens (primary N) is 1. The van der Waals surface area contributed by atoms with Gasteiger partial charge in [-0.25, -0.2) is 0 Å². The first-order chi connectivity index (χ1) is 9.00. The van der Waals surface area contributed by atoms with Gasteiger partial charge in [0.1, 0.15) is 5.56 Å². The van der Waals surface area contributed by atoms with Crippen LogP contribution >= 0.6 is 0 Å². The van der Waals surface area contributed by atoms with E-state index >= 15 is 0 Å². The molecule has 2 N–H and O–H groups in total. The van der Waals surface area contributed by atoms with E-state index in [-0.39, 0.29) is 28.9 Å². The maximum Gasteiger partial charge on any atom is 0.263 e. The monoisotopic (exact) mass is 263 g/mol. The van der Waals surface area contributed by atoms with Crippen LogP contribution in [0.4, 0.5) is 0 Å². The zero-order valence-electron chi connectivity index (χ0n) is 10.8. The van der Waals surface area contributed by atoms with Crippen LogP contribution in [0, 0.1) is 5.92 Å². The van der Waals surface area contributed by atoms with Crippen molar-refractivity contribution in [1.82, 2.24) is 9.47 Å². The fourth-order valence-electron chi connectivity index (χ4n) is 2.30. The highest BCUT2D eigenvalue weighted by molar-refractivity contribution is 5.94. The molecule has 1 fully saturated rings. The number of amides is 2. The van der Waals surface area contributed by atoms with Gasteiger partial charge in [-0.1, -0.05) is 0 Å². The minimum atomic E-state index is -0.317. The lowest BCUT2D eigenvalue weighted by Gasteiger charge is -2.30. The largest absolute Gasteiger partial charge is 0.369 e. The molecule has 0 aromatic carbocycles. The number of primary amides is 1. The Balaban J connectivity index is 2.12. The van der Waals surface area contributed by atoms with E-state index in [0.29, 0.717) is 25.9 Å². The molecule has 1 aliphatic heterocycles. The first-order valence-corrected chi connectivity index (χ1v) is 6.25. The third-order valence-corrected chi connectivity index (χ3v) is 3.54. The standard InChI is InChI=1S/C13H17N3O3/c1-15-6-2-3-10(12(15)18)13(19)16-7-4-9(5-8-16)11(14)17/h2-3,6,9H,4-5,7-8H2,1H3,(H2,14,17). The summed E-state index contributed by atoms with van der Waals surface area (Å²) in [5.41, 5.74) is 5.12. The highest BCUT2D eigenvalue weighted by Crippen LogP contribution is 2.17. The highest BCUT2D eigenvalue weighted by atomic mass is 16.2. The third kappa shape index (κ3) is 2.67. The summed E-state index contributed by atoms with van der Waals surface area (Å²) in [5.74, 6) is -0.755. The number of nitrogens with zero attached hydrogens (tertiary/aromatic N) is 2. The van der Waals surface area contributed by atoms with E-state index in [1.165, 1.54) is 10.6 Å². The van der Waals surface area contributed by atoms with Crippen molar-refractivity contribution in [3.8, 4) is 0 Å². The fraction of sp³-hybridized carbons (Fsp3) is 0.462. The van der Waals surface area contributed by atoms with Crippen molar-refractivity contribution in [3.05, 3.63) is 34.2 Å². The molecule has 1 aromatic rings. The first kappa shape index (κ1) is 13.3. The molecular weight excluding hydrogens is 246 g/mol. The van der Waals surface area contributed by atoms with E-state index in [4.69, 9.17) is 5.73 Å². The van der Waals surface area contributed by atoms with Crippen molar-refractivity contribution in [3.63, 3.8) is 0 Å². The van der Waals surface area contributed by atoms with Crippen LogP contribution in [0.2, 0.25) is 0 Å². The maximum atomic E-state index is 12.2. The Morgan fingerprint density at radius 1 is 1.32 bits per heavy atom. The normalized spacial score (nSPS) is 16.4. The van der Waals surface area contributed by atoms with Crippen LogP contribution in [-0.2, 0) is 11.8 Å². The molecule has 1 saturated heterocycles. The van der Waals surface area contributed by atoms with Gasteiger partial charge in [-0.3, -0.25) is 14.4 Å². The van der Waals surface area contributed by atoms with Gasteiger partial charge >= 0.3 is 0 Å². The van der Waals surface area contributed by atoms with Crippen LogP contribution in [-0.4, -0.2) is 34.4 Å². The van der Waals surface area contributed by atoms with Gasteiger partial charge in [0, 0.05) is 32.3 Å². The number of rotatable bonds is 2. The summed E-state index contributed by atoms with van der Waals surface area (Å²) in [6.07, 6.45) is 2.74. The van der Waals surface area contributed by atoms with Crippen LogP contribution in [0.3, 0.4) is 0 Å². The molecule has 2 rings (SSSR count). The van der Waals surface area contributed by atoms with Gasteiger partial charge in [-0.2, -0.15) is 0 Å². The summed E-state index contributed by atoms with van der Waals surface area (Å²) < 4.78 is 1.38. The van der Waals surface area contributed by atoms with Crippen molar-refractivity contribution in [2.45, 2.75) is 12.8 Å². The van der Waals surface area contributed by atoms with Crippen molar-refractivity contribution in [2.24, 2.45) is 18.7 Å². The maximum absolute atomic E-state index is 12.2. The lowest BCUT2D eigenvalue weighted by Crippen LogP contribution is -2.43. The lowest BCUT2D eigenvalue weighted by atomic mass is 9.96. The lowest BCUT2D eigenvalue weighted by molar-refractivity contribution is -0.123. The fourth-order valence-corrected chi connectivity index (χ4v) is 2.30. The summed E-state index contributed by atoms with van der Waals surface area (Å²) in [4.78, 5) is 36.8. The highest BCUT2D eigenvalue weighted by Gasteiger charge is 2.27. The predicted octanol–water partition coefficient (Wildman–Crippen LogP) is -0.277. The van der Waals surface area contributed by atoms with Gasteiger partial charge in [0.05, 0.1) is 0 Å². The van der Waals surface area contributed by atoms with Gasteiger partial charge in [0.2, 0.25) is 5.91 Å². The Kier molecular flexibility index (Phi) is 3.69. The minimum Gasteiger partial charge on any atom is -0.369 e. The Morgan fingerprint density at radius 2 is 1.95 bits per heavy atom. The molecule has 19 heavy (non-hydrogen) atoms. The van der Waals surface area contributed by atoms with Crippen molar-refractivity contribution >= 4 is 11.8 Å². The molecule has 1 aromatic heterocycles. The molecule has 0 spiro atoms. The number of hydrogen-bond acceptors (Lipinski definition) is 3. The Bertz CT molecular complexity index is 556. The molecule has 0 atom stereocenters. The summed E-state index contributed by atoms with van der Waals surface area (Å²) in [7, 11) is 1.61. The van der Waals surface area contributed by atoms with E-state index < -0.39 is 0 Å². The van der Waals surface area contributed by atoms with Gasteiger partial charge in [-0.15, -0.1) is 0 Å². The molecular formula is C13H17N3O3. The van der Waals surface area contributed by atoms with Crippen LogP contribution in [0.25, 0.3) is 0 Å². The molecule has 6 heteroatoms. The SMILES string of the molecule is Cn1cccc(C(=O)N2CCC(C(N)=O)CC2)c1=O. The van der Waals surface area contributed by atoms with E-state index in [1.54, 1.807) is 24.2 Å². The number of likely N-dealkylation sites (tertiary alicyclic amines) is 1. The van der Waals surface area contributed by atoms with Gasteiger partial charge < -0.3 is 15.2 Å². The summed E-state index contributed by atoms with van der Waals surface area (Å²) in [5, 5.41) is 0. The molecule has 6 nitrogen and oxygen atoms in total. The average molecular weight is 263 g/mol. The van der Waals surface area contributed by atoms with Crippen molar-refractivity contribution < 1.29 is 9.59 Å². The predicted molar refractivity (Wildman–Crippen MR) is 69.5 cm³/mol. The summed E-state index contributed by atoms with van der Waals surface area (Å²) >= 11 is 0. The van der Waals surface area contributed by atoms with E-state index in [9.17, 15) is 14.4 Å². The second-order valence-corrected chi connectivity index (χ2v) is 4.81. The second-order valence-electron chi connectivity index (χ2n) is 4.81. The van der Waals surface area contributed by atoms with E-state index in [0.717, 1.165) is 0 Å². The minimum absolute atomic E-state index is 0.164. The number of carbonyl (C=O) groups excluding carboxylic acids is 2. The number of carbonyl (C=O) groups is 2. The van der Waals surface area contributed by atoms with Crippen molar-refractivity contribution in [1.29, 1.82) is 0 Å². The van der Waals surface area contributed by atoms with Gasteiger partial charge in [-0.05, 0) is 25.0 Å². The smallest absolute Gasteiger partial charge is 0.263 e. The van der Waals surface area contributed by atoms with Crippen molar-refractivity contribution in [2.75, 3.05) is 13.1 Å². The zero-order valence-corrected chi connectivity index (χ0v) is 10.8. The number of piperidine rings is 1. The topological polar surface area (TPSA) is 85.4 Å². The Hall–Kier alpha value is -2.11. The Labute approximate surface area is 110 Å². The van der Waals surface area contributed by atoms with Gasteiger partial charge in [0.25, 0.3) is 11.5 Å². The zero-order chi connectivity index (χ0) is 14.0. The quantitative estimate of drug-likeness (QED) is 0.796. The molecule has 2 amide bonds. The number of hydrogen-bond donors (Lipinski definition) is 1. The molecule has 2 heterocycles. The summed E-state index contributed by atoms with van der Waals surface area (Å²) in [6, 6.07) is 3.20. The molecule has 1 aliphatic rings. The van der Waals surface area contributed by atoms with E-state index in [1.807, 2.05) is 0 Å². The van der Waals surface area contributed by atoms with Gasteiger partial charge in [0.15, 0.2) is 0 Å². The average Bonchev–Trinajstić information content (AvgIpc) is 2.41. The number of aryl methyl sites for hydroxylation is 1. The molecule has 0 radical (unpaired) electrons. The number of pyridine rings is 1. The molecule has 0 unspecified atom stereocenters. The second kappa shape index (κ2) is 5.26. The molecule has 102 valence electrons. The molecule has 0 saturated carbocycles. The molecule has 0 aliphatic carbocycles. The molecule has 0 bridgehead atoms. The third-order valence-electron chi connectivity index (χ3n) is 3.54. The van der Waals surface area contributed by atoms with Crippen LogP contribution in [0.5, 0.6) is 0 Å². The summed E-state index contributed by atoms with van der Waals surface area (Å²) in [6.45, 7) is 0.926. The Morgan fingerprint density at radius 3 is 2.53 bits per heavy atom. The van der Waals surface area contributed by atoms with Crippen LogP contribution in [0.1, 0.15) is 23.2 Å². The first-order valence-electron chi connectivity index (χ1n) is 6.25. The van der Waals surface area contributed by atoms with Crippen LogP contribution < -0.4 is 11.3 Å². The van der Waals surface area contributed by atoms with E-state index in [2.05, 4.69) is 0 Å². The van der Waals surface area contributed by atoms with Crippen LogP contribution in [0.15, 0.2) is 23.1 Å². The number of aromatic nitrogens is 1.